The molecular formula is C19H22N2O4. The molecule has 1 aliphatic carbocycles. The van der Waals surface area contributed by atoms with Gasteiger partial charge in [0.25, 0.3) is 5.91 Å². The molecule has 1 N–H and O–H groups in total. The fraction of sp³-hybridized carbons (Fsp3) is 0.526. The van der Waals surface area contributed by atoms with E-state index in [9.17, 15) is 19.5 Å². The van der Waals surface area contributed by atoms with Gasteiger partial charge in [-0.05, 0) is 49.3 Å². The number of hydrogen-bond acceptors (Lipinski definition) is 3. The Kier molecular flexibility index (Phi) is 3.98. The molecule has 2 heterocycles. The average Bonchev–Trinajstić information content (AvgIpc) is 3.28. The number of carboxylic acids is 1. The van der Waals surface area contributed by atoms with Gasteiger partial charge in [0.05, 0.1) is 0 Å². The van der Waals surface area contributed by atoms with Crippen LogP contribution >= 0.6 is 0 Å². The van der Waals surface area contributed by atoms with E-state index >= 15 is 0 Å². The standard InChI is InChI=1S/C19H22N2O4/c22-16-8-3-9-20(16)14-6-1-4-12(10-14)18(23)21-11-13-5-2-7-15(13)17(21)19(24)25/h1,4,6,10,13,15,17H,2-3,5,7-9,11H2,(H,24,25). The van der Waals surface area contributed by atoms with Gasteiger partial charge in [-0.3, -0.25) is 9.59 Å². The van der Waals surface area contributed by atoms with Crippen molar-refractivity contribution in [1.82, 2.24) is 4.90 Å². The van der Waals surface area contributed by atoms with Gasteiger partial charge in [0, 0.05) is 30.8 Å². The molecule has 0 aromatic heterocycles. The Balaban J connectivity index is 1.60. The van der Waals surface area contributed by atoms with Crippen LogP contribution in [0.15, 0.2) is 24.3 Å². The van der Waals surface area contributed by atoms with Crippen molar-refractivity contribution < 1.29 is 19.5 Å². The largest absolute Gasteiger partial charge is 0.480 e. The van der Waals surface area contributed by atoms with E-state index in [0.717, 1.165) is 31.4 Å². The first-order chi connectivity index (χ1) is 12.1. The lowest BCUT2D eigenvalue weighted by Crippen LogP contribution is -2.43. The lowest BCUT2D eigenvalue weighted by atomic mass is 9.94. The van der Waals surface area contributed by atoms with Gasteiger partial charge < -0.3 is 14.9 Å². The molecule has 0 spiro atoms. The molecule has 3 atom stereocenters. The number of likely N-dealkylation sites (tertiary alicyclic amines) is 1. The number of anilines is 1. The molecule has 1 aromatic carbocycles. The van der Waals surface area contributed by atoms with E-state index in [1.165, 1.54) is 4.90 Å². The van der Waals surface area contributed by atoms with Gasteiger partial charge in [0.15, 0.2) is 0 Å². The third-order valence-electron chi connectivity index (χ3n) is 5.88. The van der Waals surface area contributed by atoms with Gasteiger partial charge in [0.1, 0.15) is 6.04 Å². The van der Waals surface area contributed by atoms with Crippen LogP contribution in [0.4, 0.5) is 5.69 Å². The fourth-order valence-electron chi connectivity index (χ4n) is 4.72. The molecule has 6 heteroatoms. The Morgan fingerprint density at radius 1 is 1.16 bits per heavy atom. The van der Waals surface area contributed by atoms with E-state index in [0.29, 0.717) is 31.0 Å². The zero-order valence-electron chi connectivity index (χ0n) is 14.1. The normalized spacial score (nSPS) is 28.5. The van der Waals surface area contributed by atoms with Crippen LogP contribution in [0.5, 0.6) is 0 Å². The Bertz CT molecular complexity index is 732. The van der Waals surface area contributed by atoms with Crippen LogP contribution in [0, 0.1) is 11.8 Å². The molecule has 2 aliphatic heterocycles. The van der Waals surface area contributed by atoms with Crippen LogP contribution in [0.25, 0.3) is 0 Å². The highest BCUT2D eigenvalue weighted by molar-refractivity contribution is 6.00. The summed E-state index contributed by atoms with van der Waals surface area (Å²) in [6, 6.07) is 6.30. The van der Waals surface area contributed by atoms with Crippen molar-refractivity contribution in [1.29, 1.82) is 0 Å². The van der Waals surface area contributed by atoms with Crippen LogP contribution in [0.1, 0.15) is 42.5 Å². The van der Waals surface area contributed by atoms with E-state index in [1.807, 2.05) is 6.07 Å². The van der Waals surface area contributed by atoms with Crippen LogP contribution < -0.4 is 4.90 Å². The molecule has 0 bridgehead atoms. The third kappa shape index (κ3) is 2.69. The van der Waals surface area contributed by atoms with Gasteiger partial charge in [-0.25, -0.2) is 4.79 Å². The number of amides is 2. The Morgan fingerprint density at radius 2 is 2.00 bits per heavy atom. The van der Waals surface area contributed by atoms with Crippen molar-refractivity contribution in [2.75, 3.05) is 18.0 Å². The van der Waals surface area contributed by atoms with Gasteiger partial charge in [0.2, 0.25) is 5.91 Å². The minimum atomic E-state index is -0.909. The van der Waals surface area contributed by atoms with E-state index in [4.69, 9.17) is 0 Å². The van der Waals surface area contributed by atoms with Crippen LogP contribution in [0.3, 0.4) is 0 Å². The molecule has 4 rings (SSSR count). The Hall–Kier alpha value is -2.37. The molecule has 2 saturated heterocycles. The molecule has 1 saturated carbocycles. The van der Waals surface area contributed by atoms with Crippen molar-refractivity contribution >= 4 is 23.5 Å². The summed E-state index contributed by atoms with van der Waals surface area (Å²) in [5.74, 6) is -0.703. The predicted octanol–water partition coefficient (Wildman–Crippen LogP) is 2.14. The van der Waals surface area contributed by atoms with Gasteiger partial charge in [-0.15, -0.1) is 0 Å². The zero-order valence-corrected chi connectivity index (χ0v) is 14.1. The van der Waals surface area contributed by atoms with Gasteiger partial charge >= 0.3 is 5.97 Å². The monoisotopic (exact) mass is 342 g/mol. The van der Waals surface area contributed by atoms with Crippen molar-refractivity contribution in [2.24, 2.45) is 11.8 Å². The van der Waals surface area contributed by atoms with Gasteiger partial charge in [-0.1, -0.05) is 12.5 Å². The molecule has 3 aliphatic rings. The molecule has 3 fully saturated rings. The summed E-state index contributed by atoms with van der Waals surface area (Å²) in [6.45, 7) is 1.19. The summed E-state index contributed by atoms with van der Waals surface area (Å²) in [6.07, 6.45) is 4.30. The molecule has 3 unspecified atom stereocenters. The molecule has 25 heavy (non-hydrogen) atoms. The van der Waals surface area contributed by atoms with Crippen molar-refractivity contribution in [3.8, 4) is 0 Å². The smallest absolute Gasteiger partial charge is 0.326 e. The minimum Gasteiger partial charge on any atom is -0.480 e. The quantitative estimate of drug-likeness (QED) is 0.913. The van der Waals surface area contributed by atoms with Crippen LogP contribution in [0.2, 0.25) is 0 Å². The van der Waals surface area contributed by atoms with Crippen LogP contribution in [-0.2, 0) is 9.59 Å². The van der Waals surface area contributed by atoms with Gasteiger partial charge in [-0.2, -0.15) is 0 Å². The second-order valence-electron chi connectivity index (χ2n) is 7.29. The maximum atomic E-state index is 13.0. The zero-order chi connectivity index (χ0) is 17.6. The molecule has 132 valence electrons. The maximum absolute atomic E-state index is 13.0. The van der Waals surface area contributed by atoms with Crippen LogP contribution in [-0.4, -0.2) is 46.9 Å². The highest BCUT2D eigenvalue weighted by Crippen LogP contribution is 2.42. The third-order valence-corrected chi connectivity index (χ3v) is 5.88. The number of carboxylic acid groups (broad SMARTS) is 1. The summed E-state index contributed by atoms with van der Waals surface area (Å²) in [5, 5.41) is 9.64. The highest BCUT2D eigenvalue weighted by Gasteiger charge is 2.49. The average molecular weight is 342 g/mol. The molecule has 2 amide bonds. The topological polar surface area (TPSA) is 77.9 Å². The summed E-state index contributed by atoms with van der Waals surface area (Å²) < 4.78 is 0. The summed E-state index contributed by atoms with van der Waals surface area (Å²) in [5.41, 5.74) is 1.18. The van der Waals surface area contributed by atoms with E-state index in [1.54, 1.807) is 23.1 Å². The van der Waals surface area contributed by atoms with E-state index in [2.05, 4.69) is 0 Å². The molecule has 6 nitrogen and oxygen atoms in total. The molecular weight excluding hydrogens is 320 g/mol. The number of rotatable bonds is 3. The van der Waals surface area contributed by atoms with E-state index < -0.39 is 12.0 Å². The summed E-state index contributed by atoms with van der Waals surface area (Å²) in [4.78, 5) is 39.9. The Labute approximate surface area is 146 Å². The SMILES string of the molecule is O=C(O)C1C2CCCC2CN1C(=O)c1cccc(N2CCCC2=O)c1. The minimum absolute atomic E-state index is 0.0729. The lowest BCUT2D eigenvalue weighted by molar-refractivity contribution is -0.142. The number of nitrogens with zero attached hydrogens (tertiary/aromatic N) is 2. The van der Waals surface area contributed by atoms with Crippen molar-refractivity contribution in [3.05, 3.63) is 29.8 Å². The second kappa shape index (κ2) is 6.17. The summed E-state index contributed by atoms with van der Waals surface area (Å²) in [7, 11) is 0. The first kappa shape index (κ1) is 16.1. The van der Waals surface area contributed by atoms with E-state index in [-0.39, 0.29) is 17.7 Å². The molecule has 0 radical (unpaired) electrons. The number of fused-ring (bicyclic) bond motifs is 1. The first-order valence-electron chi connectivity index (χ1n) is 9.00. The second-order valence-corrected chi connectivity index (χ2v) is 7.29. The number of carbonyl (C=O) groups is 3. The number of hydrogen-bond donors (Lipinski definition) is 1. The fourth-order valence-corrected chi connectivity index (χ4v) is 4.72. The number of benzene rings is 1. The molecule has 1 aromatic rings. The summed E-state index contributed by atoms with van der Waals surface area (Å²) >= 11 is 0. The first-order valence-corrected chi connectivity index (χ1v) is 9.00. The Morgan fingerprint density at radius 3 is 2.72 bits per heavy atom. The number of aliphatic carboxylic acids is 1. The van der Waals surface area contributed by atoms with Crippen molar-refractivity contribution in [3.63, 3.8) is 0 Å². The lowest BCUT2D eigenvalue weighted by Gasteiger charge is -2.25. The maximum Gasteiger partial charge on any atom is 0.326 e. The predicted molar refractivity (Wildman–Crippen MR) is 91.3 cm³/mol. The number of carbonyl (C=O) groups excluding carboxylic acids is 2. The van der Waals surface area contributed by atoms with Crippen molar-refractivity contribution in [2.45, 2.75) is 38.1 Å². The highest BCUT2D eigenvalue weighted by atomic mass is 16.4.